The lowest BCUT2D eigenvalue weighted by Gasteiger charge is -2.25. The van der Waals surface area contributed by atoms with Crippen LogP contribution in [0.3, 0.4) is 0 Å². The molecule has 2 nitrogen and oxygen atoms in total. The van der Waals surface area contributed by atoms with Crippen LogP contribution in [0.15, 0.2) is 102 Å². The summed E-state index contributed by atoms with van der Waals surface area (Å²) < 4.78 is 5.49. The molecule has 1 heterocycles. The van der Waals surface area contributed by atoms with Crippen molar-refractivity contribution in [2.24, 2.45) is 0 Å². The third kappa shape index (κ3) is 3.20. The molecule has 0 aliphatic heterocycles. The topological polar surface area (TPSA) is 16.4 Å². The Morgan fingerprint density at radius 2 is 1.20 bits per heavy atom. The highest BCUT2D eigenvalue weighted by molar-refractivity contribution is 5.77. The molecule has 25 heavy (non-hydrogen) atoms. The Labute approximate surface area is 148 Å². The summed E-state index contributed by atoms with van der Waals surface area (Å²) >= 11 is 0. The fourth-order valence-electron chi connectivity index (χ4n) is 2.94. The molecule has 0 N–H and O–H groups in total. The molecule has 0 amide bonds. The van der Waals surface area contributed by atoms with Gasteiger partial charge in [0.2, 0.25) is 0 Å². The molecule has 0 fully saturated rings. The van der Waals surface area contributed by atoms with Gasteiger partial charge in [0.1, 0.15) is 5.76 Å². The van der Waals surface area contributed by atoms with E-state index in [9.17, 15) is 0 Å². The van der Waals surface area contributed by atoms with Crippen LogP contribution in [0.1, 0.15) is 5.56 Å². The summed E-state index contributed by atoms with van der Waals surface area (Å²) in [5.74, 6) is 0.883. The maximum Gasteiger partial charge on any atom is 0.133 e. The Balaban J connectivity index is 1.77. The van der Waals surface area contributed by atoms with Gasteiger partial charge in [0.25, 0.3) is 0 Å². The monoisotopic (exact) mass is 325 g/mol. The third-order valence-corrected chi connectivity index (χ3v) is 4.24. The van der Waals surface area contributed by atoms with E-state index in [2.05, 4.69) is 84.6 Å². The van der Waals surface area contributed by atoms with Crippen LogP contribution >= 0.6 is 0 Å². The predicted octanol–water partition coefficient (Wildman–Crippen LogP) is 6.72. The van der Waals surface area contributed by atoms with E-state index >= 15 is 0 Å². The van der Waals surface area contributed by atoms with Gasteiger partial charge in [-0.05, 0) is 67.6 Å². The maximum atomic E-state index is 5.49. The number of para-hydroxylation sites is 1. The van der Waals surface area contributed by atoms with Gasteiger partial charge in [0, 0.05) is 22.6 Å². The van der Waals surface area contributed by atoms with E-state index in [4.69, 9.17) is 4.42 Å². The van der Waals surface area contributed by atoms with Gasteiger partial charge < -0.3 is 9.32 Å². The Morgan fingerprint density at radius 1 is 0.600 bits per heavy atom. The molecule has 0 radical (unpaired) electrons. The maximum absolute atomic E-state index is 5.49. The van der Waals surface area contributed by atoms with Gasteiger partial charge in [-0.2, -0.15) is 0 Å². The van der Waals surface area contributed by atoms with Crippen molar-refractivity contribution in [2.45, 2.75) is 6.92 Å². The number of aryl methyl sites for hydroxylation is 1. The molecule has 0 atom stereocenters. The molecule has 4 aromatic rings. The lowest BCUT2D eigenvalue weighted by atomic mass is 10.1. The van der Waals surface area contributed by atoms with Gasteiger partial charge in [0.05, 0.1) is 6.26 Å². The van der Waals surface area contributed by atoms with E-state index in [1.807, 2.05) is 18.2 Å². The van der Waals surface area contributed by atoms with Gasteiger partial charge in [0.15, 0.2) is 0 Å². The number of rotatable bonds is 4. The van der Waals surface area contributed by atoms with E-state index < -0.39 is 0 Å². The first-order chi connectivity index (χ1) is 12.3. The van der Waals surface area contributed by atoms with E-state index in [0.29, 0.717) is 0 Å². The summed E-state index contributed by atoms with van der Waals surface area (Å²) in [4.78, 5) is 2.26. The van der Waals surface area contributed by atoms with Crippen LogP contribution < -0.4 is 4.90 Å². The van der Waals surface area contributed by atoms with Crippen molar-refractivity contribution >= 4 is 17.1 Å². The molecule has 2 heteroatoms. The second kappa shape index (κ2) is 6.70. The molecule has 1 aromatic heterocycles. The standard InChI is InChI=1S/C23H19NO/c1-18-9-13-21(14-10-18)24(20-6-3-2-4-7-20)22-15-11-19(12-16-22)23-8-5-17-25-23/h2-17H,1H3. The van der Waals surface area contributed by atoms with Crippen molar-refractivity contribution in [3.63, 3.8) is 0 Å². The van der Waals surface area contributed by atoms with E-state index in [-0.39, 0.29) is 0 Å². The first kappa shape index (κ1) is 15.3. The summed E-state index contributed by atoms with van der Waals surface area (Å²) in [6.45, 7) is 2.11. The number of benzene rings is 3. The minimum Gasteiger partial charge on any atom is -0.464 e. The Morgan fingerprint density at radius 3 is 1.80 bits per heavy atom. The van der Waals surface area contributed by atoms with Crippen molar-refractivity contribution in [1.82, 2.24) is 0 Å². The lowest BCUT2D eigenvalue weighted by molar-refractivity contribution is 0.582. The fourth-order valence-corrected chi connectivity index (χ4v) is 2.94. The molecule has 0 unspecified atom stereocenters. The minimum absolute atomic E-state index is 0.883. The highest BCUT2D eigenvalue weighted by atomic mass is 16.3. The molecular formula is C23H19NO. The molecule has 3 aromatic carbocycles. The molecular weight excluding hydrogens is 306 g/mol. The van der Waals surface area contributed by atoms with E-state index in [1.54, 1.807) is 6.26 Å². The van der Waals surface area contributed by atoms with E-state index in [1.165, 1.54) is 5.56 Å². The number of hydrogen-bond acceptors (Lipinski definition) is 2. The normalized spacial score (nSPS) is 10.6. The van der Waals surface area contributed by atoms with Gasteiger partial charge in [-0.1, -0.05) is 35.9 Å². The summed E-state index contributed by atoms with van der Waals surface area (Å²) in [5, 5.41) is 0. The average Bonchev–Trinajstić information content (AvgIpc) is 3.20. The van der Waals surface area contributed by atoms with Crippen molar-refractivity contribution in [1.29, 1.82) is 0 Å². The molecule has 0 saturated heterocycles. The van der Waals surface area contributed by atoms with Gasteiger partial charge in [-0.3, -0.25) is 0 Å². The van der Waals surface area contributed by atoms with Crippen molar-refractivity contribution in [3.05, 3.63) is 103 Å². The first-order valence-electron chi connectivity index (χ1n) is 8.37. The second-order valence-electron chi connectivity index (χ2n) is 6.03. The fraction of sp³-hybridized carbons (Fsp3) is 0.0435. The van der Waals surface area contributed by atoms with Crippen LogP contribution in [-0.4, -0.2) is 0 Å². The predicted molar refractivity (Wildman–Crippen MR) is 104 cm³/mol. The Hall–Kier alpha value is -3.26. The van der Waals surface area contributed by atoms with Crippen LogP contribution in [0.4, 0.5) is 17.1 Å². The third-order valence-electron chi connectivity index (χ3n) is 4.24. The zero-order valence-corrected chi connectivity index (χ0v) is 14.1. The average molecular weight is 325 g/mol. The van der Waals surface area contributed by atoms with Crippen molar-refractivity contribution in [2.75, 3.05) is 4.90 Å². The Kier molecular flexibility index (Phi) is 4.09. The molecule has 0 bridgehead atoms. The SMILES string of the molecule is Cc1ccc(N(c2ccccc2)c2ccc(-c3ccco3)cc2)cc1. The van der Waals surface area contributed by atoms with Crippen LogP contribution in [0.2, 0.25) is 0 Å². The number of anilines is 3. The van der Waals surface area contributed by atoms with Crippen LogP contribution in [0.25, 0.3) is 11.3 Å². The summed E-state index contributed by atoms with van der Waals surface area (Å²) in [5.41, 5.74) is 5.72. The van der Waals surface area contributed by atoms with Crippen molar-refractivity contribution < 1.29 is 4.42 Å². The van der Waals surface area contributed by atoms with Crippen molar-refractivity contribution in [3.8, 4) is 11.3 Å². The number of nitrogens with zero attached hydrogens (tertiary/aromatic N) is 1. The Bertz CT molecular complexity index is 924. The van der Waals surface area contributed by atoms with Crippen LogP contribution in [0, 0.1) is 6.92 Å². The number of furan rings is 1. The second-order valence-corrected chi connectivity index (χ2v) is 6.03. The highest BCUT2D eigenvalue weighted by Crippen LogP contribution is 2.35. The largest absolute Gasteiger partial charge is 0.464 e. The smallest absolute Gasteiger partial charge is 0.133 e. The summed E-state index contributed by atoms with van der Waals surface area (Å²) in [6, 6.07) is 31.3. The molecule has 122 valence electrons. The van der Waals surface area contributed by atoms with Gasteiger partial charge in [-0.25, -0.2) is 0 Å². The molecule has 0 aliphatic carbocycles. The number of hydrogen-bond donors (Lipinski definition) is 0. The first-order valence-corrected chi connectivity index (χ1v) is 8.37. The molecule has 4 rings (SSSR count). The highest BCUT2D eigenvalue weighted by Gasteiger charge is 2.12. The quantitative estimate of drug-likeness (QED) is 0.414. The zero-order chi connectivity index (χ0) is 17.1. The molecule has 0 spiro atoms. The minimum atomic E-state index is 0.883. The van der Waals surface area contributed by atoms with Crippen LogP contribution in [-0.2, 0) is 0 Å². The zero-order valence-electron chi connectivity index (χ0n) is 14.1. The lowest BCUT2D eigenvalue weighted by Crippen LogP contribution is -2.09. The molecule has 0 saturated carbocycles. The summed E-state index contributed by atoms with van der Waals surface area (Å²) in [6.07, 6.45) is 1.70. The van der Waals surface area contributed by atoms with Gasteiger partial charge >= 0.3 is 0 Å². The van der Waals surface area contributed by atoms with Crippen LogP contribution in [0.5, 0.6) is 0 Å². The van der Waals surface area contributed by atoms with E-state index in [0.717, 1.165) is 28.4 Å². The summed E-state index contributed by atoms with van der Waals surface area (Å²) in [7, 11) is 0. The molecule has 0 aliphatic rings. The van der Waals surface area contributed by atoms with Gasteiger partial charge in [-0.15, -0.1) is 0 Å².